The molecular formula is C10H15ClN4O. The van der Waals surface area contributed by atoms with Crippen LogP contribution in [0.3, 0.4) is 0 Å². The van der Waals surface area contributed by atoms with Gasteiger partial charge < -0.3 is 5.11 Å². The quantitative estimate of drug-likeness (QED) is 0.802. The van der Waals surface area contributed by atoms with E-state index in [-0.39, 0.29) is 6.73 Å². The minimum atomic E-state index is -0.0331. The number of aromatic amines is 1. The Balaban J connectivity index is 0.000000165. The maximum absolute atomic E-state index is 8.58. The second-order valence-electron chi connectivity index (χ2n) is 3.40. The third-order valence-corrected chi connectivity index (χ3v) is 2.49. The minimum absolute atomic E-state index is 0.0331. The standard InChI is InChI=1S/C6H10N2O.C4H5ClN2/c1-5-3-8(4-9)7-6(5)2;1-3-4(5)2-6-7-3/h3,9H,4H2,1-2H3;2H,1H3,(H,6,7). The lowest BCUT2D eigenvalue weighted by Gasteiger charge is -1.88. The summed E-state index contributed by atoms with van der Waals surface area (Å²) in [5.74, 6) is 0. The predicted molar refractivity (Wildman–Crippen MR) is 62.3 cm³/mol. The topological polar surface area (TPSA) is 66.7 Å². The van der Waals surface area contributed by atoms with E-state index >= 15 is 0 Å². The average molecular weight is 243 g/mol. The fourth-order valence-electron chi connectivity index (χ4n) is 1.03. The zero-order chi connectivity index (χ0) is 12.1. The summed E-state index contributed by atoms with van der Waals surface area (Å²) < 4.78 is 1.50. The average Bonchev–Trinajstić information content (AvgIpc) is 2.77. The molecule has 0 aromatic carbocycles. The molecule has 0 spiro atoms. The maximum atomic E-state index is 8.58. The van der Waals surface area contributed by atoms with Crippen LogP contribution in [0.5, 0.6) is 0 Å². The van der Waals surface area contributed by atoms with Crippen molar-refractivity contribution in [2.24, 2.45) is 0 Å². The van der Waals surface area contributed by atoms with Gasteiger partial charge in [-0.2, -0.15) is 10.2 Å². The van der Waals surface area contributed by atoms with Gasteiger partial charge in [-0.3, -0.25) is 5.10 Å². The van der Waals surface area contributed by atoms with Crippen LogP contribution in [0, 0.1) is 20.8 Å². The van der Waals surface area contributed by atoms with E-state index in [1.807, 2.05) is 27.0 Å². The summed E-state index contributed by atoms with van der Waals surface area (Å²) in [7, 11) is 0. The van der Waals surface area contributed by atoms with E-state index < -0.39 is 0 Å². The molecule has 0 saturated heterocycles. The van der Waals surface area contributed by atoms with E-state index in [2.05, 4.69) is 15.3 Å². The van der Waals surface area contributed by atoms with Crippen LogP contribution in [0.1, 0.15) is 17.0 Å². The zero-order valence-electron chi connectivity index (χ0n) is 9.53. The Kier molecular flexibility index (Phi) is 4.52. The number of H-pyrrole nitrogens is 1. The Hall–Kier alpha value is -1.33. The lowest BCUT2D eigenvalue weighted by atomic mass is 10.3. The van der Waals surface area contributed by atoms with Crippen molar-refractivity contribution >= 4 is 11.6 Å². The molecule has 2 heterocycles. The van der Waals surface area contributed by atoms with Crippen molar-refractivity contribution in [3.8, 4) is 0 Å². The third kappa shape index (κ3) is 3.36. The van der Waals surface area contributed by atoms with Gasteiger partial charge >= 0.3 is 0 Å². The second kappa shape index (κ2) is 5.67. The molecule has 0 fully saturated rings. The van der Waals surface area contributed by atoms with Crippen molar-refractivity contribution in [3.63, 3.8) is 0 Å². The molecule has 0 saturated carbocycles. The molecule has 5 nitrogen and oxygen atoms in total. The first kappa shape index (κ1) is 12.7. The molecule has 0 radical (unpaired) electrons. The number of nitrogens with one attached hydrogen (secondary N) is 1. The second-order valence-corrected chi connectivity index (χ2v) is 3.80. The molecule has 2 aromatic heterocycles. The van der Waals surface area contributed by atoms with Crippen molar-refractivity contribution in [2.45, 2.75) is 27.5 Å². The molecule has 0 atom stereocenters. The van der Waals surface area contributed by atoms with Crippen LogP contribution >= 0.6 is 11.6 Å². The van der Waals surface area contributed by atoms with Gasteiger partial charge in [0.05, 0.1) is 16.4 Å². The molecule has 88 valence electrons. The first-order chi connectivity index (χ1) is 7.54. The number of halogens is 1. The van der Waals surface area contributed by atoms with E-state index in [9.17, 15) is 0 Å². The summed E-state index contributed by atoms with van der Waals surface area (Å²) >= 11 is 5.53. The number of hydrogen-bond donors (Lipinski definition) is 2. The molecule has 0 aliphatic rings. The molecule has 16 heavy (non-hydrogen) atoms. The molecular weight excluding hydrogens is 228 g/mol. The van der Waals surface area contributed by atoms with Crippen LogP contribution in [0.25, 0.3) is 0 Å². The SMILES string of the molecule is Cc1cn(CO)nc1C.Cc1n[nH]cc1Cl. The summed E-state index contributed by atoms with van der Waals surface area (Å²) in [5.41, 5.74) is 2.94. The Bertz CT molecular complexity index is 413. The molecule has 0 aliphatic heterocycles. The van der Waals surface area contributed by atoms with Crippen LogP contribution in [0.2, 0.25) is 5.02 Å². The monoisotopic (exact) mass is 242 g/mol. The Labute approximate surface area is 99.1 Å². The molecule has 2 N–H and O–H groups in total. The highest BCUT2D eigenvalue weighted by atomic mass is 35.5. The van der Waals surface area contributed by atoms with Gasteiger partial charge in [0.25, 0.3) is 0 Å². The van der Waals surface area contributed by atoms with Crippen molar-refractivity contribution in [1.29, 1.82) is 0 Å². The molecule has 2 aromatic rings. The van der Waals surface area contributed by atoms with Crippen LogP contribution in [0.4, 0.5) is 0 Å². The first-order valence-electron chi connectivity index (χ1n) is 4.82. The maximum Gasteiger partial charge on any atom is 0.136 e. The van der Waals surface area contributed by atoms with Gasteiger partial charge in [-0.1, -0.05) is 11.6 Å². The smallest absolute Gasteiger partial charge is 0.136 e. The summed E-state index contributed by atoms with van der Waals surface area (Å²) in [6, 6.07) is 0. The lowest BCUT2D eigenvalue weighted by molar-refractivity contribution is 0.195. The number of aliphatic hydroxyl groups is 1. The van der Waals surface area contributed by atoms with Gasteiger partial charge in [-0.05, 0) is 26.3 Å². The number of aromatic nitrogens is 4. The number of aliphatic hydroxyl groups excluding tert-OH is 1. The minimum Gasteiger partial charge on any atom is -0.374 e. The largest absolute Gasteiger partial charge is 0.374 e. The van der Waals surface area contributed by atoms with Gasteiger partial charge in [0, 0.05) is 12.4 Å². The number of aryl methyl sites for hydroxylation is 3. The Morgan fingerprint density at radius 2 is 2.06 bits per heavy atom. The third-order valence-electron chi connectivity index (χ3n) is 2.11. The van der Waals surface area contributed by atoms with Gasteiger partial charge in [0.1, 0.15) is 6.73 Å². The summed E-state index contributed by atoms with van der Waals surface area (Å²) in [6.07, 6.45) is 3.46. The molecule has 6 heteroatoms. The van der Waals surface area contributed by atoms with Crippen molar-refractivity contribution in [1.82, 2.24) is 20.0 Å². The molecule has 0 bridgehead atoms. The fraction of sp³-hybridized carbons (Fsp3) is 0.400. The number of hydrogen-bond acceptors (Lipinski definition) is 3. The predicted octanol–water partition coefficient (Wildman–Crippen LogP) is 1.82. The van der Waals surface area contributed by atoms with Gasteiger partial charge in [0.15, 0.2) is 0 Å². The summed E-state index contributed by atoms with van der Waals surface area (Å²) in [6.45, 7) is 5.70. The van der Waals surface area contributed by atoms with Crippen molar-refractivity contribution in [2.75, 3.05) is 0 Å². The van der Waals surface area contributed by atoms with Gasteiger partial charge in [-0.25, -0.2) is 4.68 Å². The highest BCUT2D eigenvalue weighted by molar-refractivity contribution is 6.31. The van der Waals surface area contributed by atoms with E-state index in [0.717, 1.165) is 17.0 Å². The van der Waals surface area contributed by atoms with Crippen LogP contribution < -0.4 is 0 Å². The lowest BCUT2D eigenvalue weighted by Crippen LogP contribution is -1.96. The molecule has 0 unspecified atom stereocenters. The number of nitrogens with zero attached hydrogens (tertiary/aromatic N) is 3. The number of rotatable bonds is 1. The van der Waals surface area contributed by atoms with E-state index in [0.29, 0.717) is 5.02 Å². The fourth-order valence-corrected chi connectivity index (χ4v) is 1.12. The normalized spacial score (nSPS) is 9.81. The Morgan fingerprint density at radius 1 is 1.38 bits per heavy atom. The van der Waals surface area contributed by atoms with Gasteiger partial charge in [0.2, 0.25) is 0 Å². The molecule has 2 rings (SSSR count). The molecule has 0 aliphatic carbocycles. The molecule has 0 amide bonds. The Morgan fingerprint density at radius 3 is 2.25 bits per heavy atom. The highest BCUT2D eigenvalue weighted by Gasteiger charge is 1.95. The van der Waals surface area contributed by atoms with E-state index in [4.69, 9.17) is 16.7 Å². The van der Waals surface area contributed by atoms with Gasteiger partial charge in [-0.15, -0.1) is 0 Å². The van der Waals surface area contributed by atoms with Crippen molar-refractivity contribution < 1.29 is 5.11 Å². The highest BCUT2D eigenvalue weighted by Crippen LogP contribution is 2.07. The van der Waals surface area contributed by atoms with E-state index in [1.54, 1.807) is 6.20 Å². The summed E-state index contributed by atoms with van der Waals surface area (Å²) in [4.78, 5) is 0. The summed E-state index contributed by atoms with van der Waals surface area (Å²) in [5, 5.41) is 19.6. The van der Waals surface area contributed by atoms with Crippen LogP contribution in [0.15, 0.2) is 12.4 Å². The first-order valence-corrected chi connectivity index (χ1v) is 5.19. The van der Waals surface area contributed by atoms with E-state index in [1.165, 1.54) is 4.68 Å². The zero-order valence-corrected chi connectivity index (χ0v) is 10.3. The van der Waals surface area contributed by atoms with Crippen LogP contribution in [-0.4, -0.2) is 25.1 Å². The van der Waals surface area contributed by atoms with Crippen molar-refractivity contribution in [3.05, 3.63) is 34.4 Å². The van der Waals surface area contributed by atoms with Crippen LogP contribution in [-0.2, 0) is 6.73 Å².